The third-order valence-electron chi connectivity index (χ3n) is 4.10. The van der Waals surface area contributed by atoms with Gasteiger partial charge in [-0.05, 0) is 32.0 Å². The van der Waals surface area contributed by atoms with Crippen LogP contribution in [0.3, 0.4) is 0 Å². The van der Waals surface area contributed by atoms with Crippen molar-refractivity contribution in [2.75, 3.05) is 12.4 Å². The first kappa shape index (κ1) is 18.5. The Morgan fingerprint density at radius 3 is 2.74 bits per heavy atom. The molecule has 0 spiro atoms. The molecule has 0 radical (unpaired) electrons. The van der Waals surface area contributed by atoms with Gasteiger partial charge in [-0.1, -0.05) is 17.7 Å². The molecule has 0 saturated heterocycles. The maximum Gasteiger partial charge on any atom is 0.273 e. The molecule has 1 amide bonds. The van der Waals surface area contributed by atoms with Crippen LogP contribution in [0.25, 0.3) is 11.3 Å². The number of thiazole rings is 1. The average Bonchev–Trinajstić information content (AvgIpc) is 3.09. The fraction of sp³-hybridized carbons (Fsp3) is 0.158. The van der Waals surface area contributed by atoms with E-state index in [-0.39, 0.29) is 11.3 Å². The minimum absolute atomic E-state index is 0.0908. The van der Waals surface area contributed by atoms with Crippen LogP contribution >= 0.6 is 11.3 Å². The maximum absolute atomic E-state index is 12.5. The summed E-state index contributed by atoms with van der Waals surface area (Å²) in [5.74, 6) is 0.256. The standard InChI is InChI=1S/C19H17N3O4S/c1-11-7-8-17(26-3)14(9-11)15-10-27-19(20-15)21-18(23)13-5-4-6-16(12(13)2)22(24)25/h4-10H,1-3H3,(H,20,21,23). The van der Waals surface area contributed by atoms with Crippen LogP contribution in [-0.4, -0.2) is 22.9 Å². The van der Waals surface area contributed by atoms with Crippen molar-refractivity contribution in [1.82, 2.24) is 4.98 Å². The van der Waals surface area contributed by atoms with Crippen molar-refractivity contribution in [2.24, 2.45) is 0 Å². The van der Waals surface area contributed by atoms with Gasteiger partial charge in [-0.25, -0.2) is 4.98 Å². The second-order valence-electron chi connectivity index (χ2n) is 5.90. The lowest BCUT2D eigenvalue weighted by Crippen LogP contribution is -2.14. The van der Waals surface area contributed by atoms with E-state index in [9.17, 15) is 14.9 Å². The first-order valence-electron chi connectivity index (χ1n) is 8.06. The number of carbonyl (C=O) groups is 1. The minimum Gasteiger partial charge on any atom is -0.496 e. The molecule has 1 heterocycles. The van der Waals surface area contributed by atoms with Crippen LogP contribution in [0.2, 0.25) is 0 Å². The highest BCUT2D eigenvalue weighted by atomic mass is 32.1. The topological polar surface area (TPSA) is 94.4 Å². The average molecular weight is 383 g/mol. The van der Waals surface area contributed by atoms with Crippen LogP contribution in [0.5, 0.6) is 5.75 Å². The molecule has 0 atom stereocenters. The SMILES string of the molecule is COc1ccc(C)cc1-c1csc(NC(=O)c2cccc([N+](=O)[O-])c2C)n1. The number of rotatable bonds is 5. The Labute approximate surface area is 159 Å². The van der Waals surface area contributed by atoms with Crippen LogP contribution in [0.15, 0.2) is 41.8 Å². The number of methoxy groups -OCH3 is 1. The molecule has 2 aromatic carbocycles. The predicted molar refractivity (Wildman–Crippen MR) is 105 cm³/mol. The highest BCUT2D eigenvalue weighted by Crippen LogP contribution is 2.33. The molecule has 1 N–H and O–H groups in total. The highest BCUT2D eigenvalue weighted by molar-refractivity contribution is 7.14. The normalized spacial score (nSPS) is 10.5. The molecule has 1 aromatic heterocycles. The Morgan fingerprint density at radius 2 is 2.04 bits per heavy atom. The minimum atomic E-state index is -0.502. The summed E-state index contributed by atoms with van der Waals surface area (Å²) in [6.07, 6.45) is 0. The van der Waals surface area contributed by atoms with Gasteiger partial charge in [-0.2, -0.15) is 0 Å². The Balaban J connectivity index is 1.87. The van der Waals surface area contributed by atoms with E-state index in [1.54, 1.807) is 20.1 Å². The van der Waals surface area contributed by atoms with Gasteiger partial charge in [0.15, 0.2) is 5.13 Å². The molecule has 0 bridgehead atoms. The van der Waals surface area contributed by atoms with Gasteiger partial charge < -0.3 is 4.74 Å². The number of nitro groups is 1. The summed E-state index contributed by atoms with van der Waals surface area (Å²) in [4.78, 5) is 27.5. The van der Waals surface area contributed by atoms with E-state index in [0.29, 0.717) is 22.1 Å². The molecule has 7 nitrogen and oxygen atoms in total. The van der Waals surface area contributed by atoms with Gasteiger partial charge in [-0.15, -0.1) is 11.3 Å². The Morgan fingerprint density at radius 1 is 1.26 bits per heavy atom. The second kappa shape index (κ2) is 7.55. The Hall–Kier alpha value is -3.26. The van der Waals surface area contributed by atoms with Crippen molar-refractivity contribution in [2.45, 2.75) is 13.8 Å². The number of anilines is 1. The number of hydrogen-bond acceptors (Lipinski definition) is 6. The van der Waals surface area contributed by atoms with Crippen molar-refractivity contribution in [3.8, 4) is 17.0 Å². The fourth-order valence-corrected chi connectivity index (χ4v) is 3.41. The maximum atomic E-state index is 12.5. The summed E-state index contributed by atoms with van der Waals surface area (Å²) in [7, 11) is 1.59. The number of benzene rings is 2. The summed E-state index contributed by atoms with van der Waals surface area (Å²) >= 11 is 1.28. The van der Waals surface area contributed by atoms with E-state index in [1.165, 1.54) is 23.5 Å². The molecule has 3 aromatic rings. The van der Waals surface area contributed by atoms with E-state index in [2.05, 4.69) is 10.3 Å². The fourth-order valence-electron chi connectivity index (χ4n) is 2.71. The van der Waals surface area contributed by atoms with Crippen LogP contribution in [-0.2, 0) is 0 Å². The van der Waals surface area contributed by atoms with Crippen LogP contribution in [0.1, 0.15) is 21.5 Å². The zero-order chi connectivity index (χ0) is 19.6. The summed E-state index contributed by atoms with van der Waals surface area (Å²) in [5.41, 5.74) is 3.06. The first-order valence-corrected chi connectivity index (χ1v) is 8.94. The zero-order valence-corrected chi connectivity index (χ0v) is 15.8. The molecule has 27 heavy (non-hydrogen) atoms. The number of nitrogens with zero attached hydrogens (tertiary/aromatic N) is 2. The molecule has 0 aliphatic heterocycles. The Bertz CT molecular complexity index is 1030. The molecule has 138 valence electrons. The van der Waals surface area contributed by atoms with Crippen molar-refractivity contribution in [3.63, 3.8) is 0 Å². The lowest BCUT2D eigenvalue weighted by Gasteiger charge is -2.07. The number of amides is 1. The van der Waals surface area contributed by atoms with Gasteiger partial charge in [0.2, 0.25) is 0 Å². The number of aryl methyl sites for hydroxylation is 1. The quantitative estimate of drug-likeness (QED) is 0.513. The summed E-state index contributed by atoms with van der Waals surface area (Å²) in [6.45, 7) is 3.53. The van der Waals surface area contributed by atoms with Crippen molar-refractivity contribution in [3.05, 3.63) is 68.6 Å². The van der Waals surface area contributed by atoms with Gasteiger partial charge in [-0.3, -0.25) is 20.2 Å². The van der Waals surface area contributed by atoms with E-state index in [1.807, 2.05) is 30.5 Å². The summed E-state index contributed by atoms with van der Waals surface area (Å²) in [5, 5.41) is 16.0. The van der Waals surface area contributed by atoms with Crippen LogP contribution < -0.4 is 10.1 Å². The molecular formula is C19H17N3O4S. The molecule has 0 fully saturated rings. The third kappa shape index (κ3) is 3.80. The van der Waals surface area contributed by atoms with E-state index >= 15 is 0 Å². The molecule has 8 heteroatoms. The first-order chi connectivity index (χ1) is 12.9. The number of carbonyl (C=O) groups excluding carboxylic acids is 1. The second-order valence-corrected chi connectivity index (χ2v) is 6.76. The van der Waals surface area contributed by atoms with E-state index in [0.717, 1.165) is 11.1 Å². The van der Waals surface area contributed by atoms with Gasteiger partial charge in [0.1, 0.15) is 5.75 Å². The predicted octanol–water partition coefficient (Wildman–Crippen LogP) is 4.60. The number of ether oxygens (including phenoxy) is 1. The zero-order valence-electron chi connectivity index (χ0n) is 15.0. The molecule has 0 aliphatic rings. The smallest absolute Gasteiger partial charge is 0.273 e. The van der Waals surface area contributed by atoms with Crippen LogP contribution in [0, 0.1) is 24.0 Å². The summed E-state index contributed by atoms with van der Waals surface area (Å²) in [6, 6.07) is 10.2. The molecule has 0 saturated carbocycles. The molecule has 0 aliphatic carbocycles. The molecule has 0 unspecified atom stereocenters. The Kier molecular flexibility index (Phi) is 5.18. The lowest BCUT2D eigenvalue weighted by molar-refractivity contribution is -0.385. The van der Waals surface area contributed by atoms with Crippen molar-refractivity contribution < 1.29 is 14.5 Å². The van der Waals surface area contributed by atoms with E-state index < -0.39 is 10.8 Å². The number of hydrogen-bond donors (Lipinski definition) is 1. The number of nitro benzene ring substituents is 1. The largest absolute Gasteiger partial charge is 0.496 e. The number of nitrogens with one attached hydrogen (secondary N) is 1. The van der Waals surface area contributed by atoms with Gasteiger partial charge in [0.05, 0.1) is 17.7 Å². The molecular weight excluding hydrogens is 366 g/mol. The van der Waals surface area contributed by atoms with Gasteiger partial charge in [0.25, 0.3) is 11.6 Å². The third-order valence-corrected chi connectivity index (χ3v) is 4.86. The lowest BCUT2D eigenvalue weighted by atomic mass is 10.1. The van der Waals surface area contributed by atoms with Crippen LogP contribution in [0.4, 0.5) is 10.8 Å². The van der Waals surface area contributed by atoms with Crippen molar-refractivity contribution >= 4 is 28.1 Å². The van der Waals surface area contributed by atoms with Crippen molar-refractivity contribution in [1.29, 1.82) is 0 Å². The molecule has 3 rings (SSSR count). The number of aromatic nitrogens is 1. The monoisotopic (exact) mass is 383 g/mol. The highest BCUT2D eigenvalue weighted by Gasteiger charge is 2.19. The van der Waals surface area contributed by atoms with Gasteiger partial charge >= 0.3 is 0 Å². The van der Waals surface area contributed by atoms with Gasteiger partial charge in [0, 0.05) is 28.1 Å². The van der Waals surface area contributed by atoms with E-state index in [4.69, 9.17) is 4.74 Å². The summed E-state index contributed by atoms with van der Waals surface area (Å²) < 4.78 is 5.38.